The van der Waals surface area contributed by atoms with Crippen molar-refractivity contribution in [2.24, 2.45) is 0 Å². The van der Waals surface area contributed by atoms with Crippen molar-refractivity contribution < 1.29 is 13.6 Å². The van der Waals surface area contributed by atoms with Gasteiger partial charge in [-0.05, 0) is 30.5 Å². The molecule has 0 atom stereocenters. The number of rotatable bonds is 7. The van der Waals surface area contributed by atoms with Gasteiger partial charge in [0.15, 0.2) is 11.5 Å². The molecule has 3 N–H and O–H groups in total. The van der Waals surface area contributed by atoms with Crippen LogP contribution in [0.2, 0.25) is 0 Å². The highest BCUT2D eigenvalue weighted by Crippen LogP contribution is 2.27. The number of hydrogen-bond acceptors (Lipinski definition) is 5. The van der Waals surface area contributed by atoms with Crippen LogP contribution in [0.1, 0.15) is 49.2 Å². The number of aromatic nitrogens is 3. The second-order valence-electron chi connectivity index (χ2n) is 6.58. The molecule has 1 aromatic carbocycles. The van der Waals surface area contributed by atoms with E-state index in [4.69, 9.17) is 0 Å². The molecule has 9 heteroatoms. The van der Waals surface area contributed by atoms with E-state index >= 15 is 0 Å². The van der Waals surface area contributed by atoms with Crippen LogP contribution in [0.4, 0.5) is 20.2 Å². The summed E-state index contributed by atoms with van der Waals surface area (Å²) >= 11 is 1.29. The van der Waals surface area contributed by atoms with Crippen LogP contribution in [0, 0.1) is 11.6 Å². The van der Waals surface area contributed by atoms with Crippen molar-refractivity contribution in [2.45, 2.75) is 33.1 Å². The summed E-state index contributed by atoms with van der Waals surface area (Å²) < 4.78 is 31.7. The lowest BCUT2D eigenvalue weighted by molar-refractivity contribution is 0.101. The maximum absolute atomic E-state index is 14.7. The Hall–Kier alpha value is -2.68. The number of anilines is 2. The molecule has 0 aliphatic carbocycles. The standard InChI is InChI=1S/C19H21F2N5OS/c1-4-7-28-26-14-6-5-13(20)15(16(14)21)19(27)23-11-8-12-17(10(2)3)24-25-18(12)22-9-11/h5-6,8-10,26H,4,7H2,1-3H3,(H,23,27)(H,22,24,25). The van der Waals surface area contributed by atoms with Gasteiger partial charge in [0.25, 0.3) is 5.91 Å². The van der Waals surface area contributed by atoms with Crippen LogP contribution in [0.5, 0.6) is 0 Å². The first kappa shape index (κ1) is 20.1. The zero-order valence-corrected chi connectivity index (χ0v) is 16.6. The number of carbonyl (C=O) groups excluding carboxylic acids is 1. The van der Waals surface area contributed by atoms with Crippen molar-refractivity contribution in [3.8, 4) is 0 Å². The highest BCUT2D eigenvalue weighted by Gasteiger charge is 2.21. The molecule has 148 valence electrons. The number of carbonyl (C=O) groups is 1. The molecule has 0 unspecified atom stereocenters. The lowest BCUT2D eigenvalue weighted by Gasteiger charge is -2.11. The third kappa shape index (κ3) is 4.09. The van der Waals surface area contributed by atoms with E-state index in [0.29, 0.717) is 11.3 Å². The SMILES string of the molecule is CCCSNc1ccc(F)c(C(=O)Nc2cnc3n[nH]c(C(C)C)c3c2)c1F. The first-order valence-corrected chi connectivity index (χ1v) is 9.92. The van der Waals surface area contributed by atoms with Crippen LogP contribution in [-0.4, -0.2) is 26.8 Å². The van der Waals surface area contributed by atoms with E-state index in [2.05, 4.69) is 25.2 Å². The molecule has 0 saturated heterocycles. The van der Waals surface area contributed by atoms with Gasteiger partial charge in [-0.15, -0.1) is 0 Å². The van der Waals surface area contributed by atoms with Crippen molar-refractivity contribution in [3.63, 3.8) is 0 Å². The largest absolute Gasteiger partial charge is 0.327 e. The second-order valence-corrected chi connectivity index (χ2v) is 7.48. The van der Waals surface area contributed by atoms with Crippen molar-refractivity contribution >= 4 is 40.3 Å². The molecule has 28 heavy (non-hydrogen) atoms. The Morgan fingerprint density at radius 3 is 2.82 bits per heavy atom. The smallest absolute Gasteiger partial charge is 0.261 e. The van der Waals surface area contributed by atoms with E-state index in [-0.39, 0.29) is 11.6 Å². The van der Waals surface area contributed by atoms with Crippen molar-refractivity contribution in [1.82, 2.24) is 15.2 Å². The van der Waals surface area contributed by atoms with Crippen molar-refractivity contribution in [1.29, 1.82) is 0 Å². The number of hydrogen-bond donors (Lipinski definition) is 3. The zero-order valence-electron chi connectivity index (χ0n) is 15.8. The maximum Gasteiger partial charge on any atom is 0.261 e. The van der Waals surface area contributed by atoms with Crippen LogP contribution in [-0.2, 0) is 0 Å². The van der Waals surface area contributed by atoms with Gasteiger partial charge in [0, 0.05) is 16.8 Å². The van der Waals surface area contributed by atoms with Crippen LogP contribution in [0.15, 0.2) is 24.4 Å². The number of fused-ring (bicyclic) bond motifs is 1. The predicted octanol–water partition coefficient (Wildman–Crippen LogP) is 5.08. The monoisotopic (exact) mass is 405 g/mol. The molecule has 0 saturated carbocycles. The third-order valence-corrected chi connectivity index (χ3v) is 5.06. The number of nitrogens with one attached hydrogen (secondary N) is 3. The molecule has 3 rings (SSSR count). The fourth-order valence-corrected chi connectivity index (χ4v) is 3.31. The van der Waals surface area contributed by atoms with Crippen molar-refractivity contribution in [3.05, 3.63) is 47.3 Å². The minimum atomic E-state index is -0.929. The van der Waals surface area contributed by atoms with E-state index in [1.165, 1.54) is 24.2 Å². The molecule has 0 aliphatic rings. The lowest BCUT2D eigenvalue weighted by atomic mass is 10.1. The Balaban J connectivity index is 1.87. The van der Waals surface area contributed by atoms with Crippen molar-refractivity contribution in [2.75, 3.05) is 15.8 Å². The van der Waals surface area contributed by atoms with E-state index in [1.807, 2.05) is 20.8 Å². The Labute approximate surface area is 165 Å². The Kier molecular flexibility index (Phi) is 6.13. The number of aromatic amines is 1. The summed E-state index contributed by atoms with van der Waals surface area (Å²) in [6, 6.07) is 4.04. The summed E-state index contributed by atoms with van der Waals surface area (Å²) in [7, 11) is 0. The molecule has 0 bridgehead atoms. The highest BCUT2D eigenvalue weighted by atomic mass is 32.2. The normalized spacial score (nSPS) is 11.2. The summed E-state index contributed by atoms with van der Waals surface area (Å²) in [5.41, 5.74) is 1.14. The van der Waals surface area contributed by atoms with Gasteiger partial charge in [-0.25, -0.2) is 13.8 Å². The van der Waals surface area contributed by atoms with Gasteiger partial charge >= 0.3 is 0 Å². The van der Waals surface area contributed by atoms with E-state index in [9.17, 15) is 13.6 Å². The molecule has 2 heterocycles. The summed E-state index contributed by atoms with van der Waals surface area (Å²) in [6.07, 6.45) is 2.30. The van der Waals surface area contributed by atoms with Gasteiger partial charge in [-0.2, -0.15) is 5.10 Å². The van der Waals surface area contributed by atoms with Gasteiger partial charge in [0.2, 0.25) is 0 Å². The molecule has 1 amide bonds. The summed E-state index contributed by atoms with van der Waals surface area (Å²) in [5, 5.41) is 10.3. The number of nitrogens with zero attached hydrogens (tertiary/aromatic N) is 2. The van der Waals surface area contributed by atoms with Gasteiger partial charge in [-0.1, -0.05) is 32.7 Å². The van der Waals surface area contributed by atoms with Gasteiger partial charge in [0.1, 0.15) is 11.4 Å². The van der Waals surface area contributed by atoms with Crippen LogP contribution in [0.3, 0.4) is 0 Å². The third-order valence-electron chi connectivity index (χ3n) is 4.08. The molecule has 0 spiro atoms. The zero-order chi connectivity index (χ0) is 20.3. The van der Waals surface area contributed by atoms with Gasteiger partial charge in [0.05, 0.1) is 17.6 Å². The molecule has 3 aromatic rings. The quantitative estimate of drug-likeness (QED) is 0.377. The van der Waals surface area contributed by atoms with E-state index in [1.54, 1.807) is 6.07 Å². The highest BCUT2D eigenvalue weighted by molar-refractivity contribution is 8.00. The minimum Gasteiger partial charge on any atom is -0.327 e. The average Bonchev–Trinajstić information content (AvgIpc) is 3.07. The fourth-order valence-electron chi connectivity index (χ4n) is 2.69. The van der Waals surface area contributed by atoms with E-state index in [0.717, 1.165) is 29.3 Å². The minimum absolute atomic E-state index is 0.0653. The maximum atomic E-state index is 14.7. The summed E-state index contributed by atoms with van der Waals surface area (Å²) in [4.78, 5) is 16.7. The number of H-pyrrole nitrogens is 1. The first-order chi connectivity index (χ1) is 13.4. The Bertz CT molecular complexity index is 1010. The molecule has 0 fully saturated rings. The average molecular weight is 405 g/mol. The van der Waals surface area contributed by atoms with Crippen LogP contribution >= 0.6 is 11.9 Å². The fraction of sp³-hybridized carbons (Fsp3) is 0.316. The number of benzene rings is 1. The summed E-state index contributed by atoms with van der Waals surface area (Å²) in [5.74, 6) is -1.80. The van der Waals surface area contributed by atoms with Gasteiger partial charge in [-0.3, -0.25) is 9.89 Å². The number of pyridine rings is 1. The summed E-state index contributed by atoms with van der Waals surface area (Å²) in [6.45, 7) is 5.99. The molecular formula is C19H21F2N5OS. The van der Waals surface area contributed by atoms with Crippen LogP contribution in [0.25, 0.3) is 11.0 Å². The molecular weight excluding hydrogens is 384 g/mol. The predicted molar refractivity (Wildman–Crippen MR) is 109 cm³/mol. The molecule has 6 nitrogen and oxygen atoms in total. The van der Waals surface area contributed by atoms with Crippen LogP contribution < -0.4 is 10.0 Å². The molecule has 2 aromatic heterocycles. The Morgan fingerprint density at radius 2 is 2.11 bits per heavy atom. The molecule has 0 aliphatic heterocycles. The lowest BCUT2D eigenvalue weighted by Crippen LogP contribution is -2.17. The first-order valence-electron chi connectivity index (χ1n) is 8.93. The topological polar surface area (TPSA) is 82.7 Å². The molecule has 0 radical (unpaired) electrons. The second kappa shape index (κ2) is 8.55. The van der Waals surface area contributed by atoms with Gasteiger partial charge < -0.3 is 10.0 Å². The van der Waals surface area contributed by atoms with E-state index < -0.39 is 23.1 Å². The Morgan fingerprint density at radius 1 is 1.32 bits per heavy atom. The number of halogens is 2. The number of amides is 1.